The van der Waals surface area contributed by atoms with Crippen LogP contribution < -0.4 is 11.1 Å². The normalized spacial score (nSPS) is 17.5. The number of rotatable bonds is 4. The van der Waals surface area contributed by atoms with E-state index in [1.807, 2.05) is 24.3 Å². The molecule has 1 aromatic carbocycles. The zero-order valence-electron chi connectivity index (χ0n) is 9.89. The number of oxime groups is 1. The Morgan fingerprint density at radius 3 is 2.53 bits per heavy atom. The van der Waals surface area contributed by atoms with Crippen LogP contribution in [0.15, 0.2) is 29.4 Å². The molecule has 1 saturated carbocycles. The second-order valence-corrected chi connectivity index (χ2v) is 4.54. The summed E-state index contributed by atoms with van der Waals surface area (Å²) in [5.74, 6) is 0.153. The predicted octanol–water partition coefficient (Wildman–Crippen LogP) is 1.81. The lowest BCUT2D eigenvalue weighted by atomic mass is 10.1. The Bertz CT molecular complexity index is 380. The molecule has 4 heteroatoms. The summed E-state index contributed by atoms with van der Waals surface area (Å²) in [5, 5.41) is 15.1. The largest absolute Gasteiger partial charge is 0.409 e. The Morgan fingerprint density at radius 1 is 1.29 bits per heavy atom. The maximum absolute atomic E-state index is 8.56. The molecule has 1 aliphatic carbocycles. The third kappa shape index (κ3) is 3.20. The molecule has 4 nitrogen and oxygen atoms in total. The van der Waals surface area contributed by atoms with Crippen molar-refractivity contribution in [3.63, 3.8) is 0 Å². The number of nitrogens with one attached hydrogen (secondary N) is 1. The summed E-state index contributed by atoms with van der Waals surface area (Å²) in [5.41, 5.74) is 7.48. The highest BCUT2D eigenvalue weighted by Crippen LogP contribution is 2.18. The van der Waals surface area contributed by atoms with Gasteiger partial charge < -0.3 is 16.3 Å². The van der Waals surface area contributed by atoms with Crippen LogP contribution in [-0.4, -0.2) is 17.1 Å². The number of amidine groups is 1. The minimum absolute atomic E-state index is 0.153. The number of nitrogens with zero attached hydrogens (tertiary/aromatic N) is 1. The first-order valence-corrected chi connectivity index (χ1v) is 6.10. The lowest BCUT2D eigenvalue weighted by molar-refractivity contribution is 0.318. The van der Waals surface area contributed by atoms with Crippen LogP contribution in [0.3, 0.4) is 0 Å². The van der Waals surface area contributed by atoms with E-state index in [0.717, 1.165) is 12.1 Å². The Hall–Kier alpha value is -1.55. The highest BCUT2D eigenvalue weighted by molar-refractivity contribution is 5.96. The zero-order valence-corrected chi connectivity index (χ0v) is 9.89. The van der Waals surface area contributed by atoms with Crippen molar-refractivity contribution in [1.82, 2.24) is 5.32 Å². The Labute approximate surface area is 102 Å². The SMILES string of the molecule is NC(=NO)c1ccc(CNC2CCCC2)cc1. The molecule has 0 unspecified atom stereocenters. The first kappa shape index (κ1) is 11.9. The maximum atomic E-state index is 8.56. The van der Waals surface area contributed by atoms with Gasteiger partial charge in [0.15, 0.2) is 5.84 Å². The Kier molecular flexibility index (Phi) is 3.98. The molecule has 1 aromatic rings. The summed E-state index contributed by atoms with van der Waals surface area (Å²) in [6.45, 7) is 0.890. The van der Waals surface area contributed by atoms with E-state index >= 15 is 0 Å². The molecule has 1 aliphatic rings. The summed E-state index contributed by atoms with van der Waals surface area (Å²) in [4.78, 5) is 0. The van der Waals surface area contributed by atoms with Crippen molar-refractivity contribution in [3.8, 4) is 0 Å². The lowest BCUT2D eigenvalue weighted by Crippen LogP contribution is -2.25. The van der Waals surface area contributed by atoms with Gasteiger partial charge in [0.2, 0.25) is 0 Å². The first-order valence-electron chi connectivity index (χ1n) is 6.10. The minimum Gasteiger partial charge on any atom is -0.409 e. The van der Waals surface area contributed by atoms with Crippen LogP contribution in [-0.2, 0) is 6.54 Å². The van der Waals surface area contributed by atoms with Gasteiger partial charge in [0.1, 0.15) is 0 Å². The molecule has 1 fully saturated rings. The third-order valence-corrected chi connectivity index (χ3v) is 3.31. The fourth-order valence-electron chi connectivity index (χ4n) is 2.24. The minimum atomic E-state index is 0.153. The molecule has 92 valence electrons. The molecule has 0 aliphatic heterocycles. The van der Waals surface area contributed by atoms with Crippen molar-refractivity contribution in [3.05, 3.63) is 35.4 Å². The van der Waals surface area contributed by atoms with Crippen molar-refractivity contribution >= 4 is 5.84 Å². The molecule has 0 bridgehead atoms. The molecule has 0 radical (unpaired) electrons. The highest BCUT2D eigenvalue weighted by Gasteiger charge is 2.13. The van der Waals surface area contributed by atoms with E-state index in [2.05, 4.69) is 10.5 Å². The topological polar surface area (TPSA) is 70.6 Å². The number of hydrogen-bond acceptors (Lipinski definition) is 3. The molecule has 4 N–H and O–H groups in total. The van der Waals surface area contributed by atoms with Gasteiger partial charge in [-0.05, 0) is 18.4 Å². The predicted molar refractivity (Wildman–Crippen MR) is 68.0 cm³/mol. The van der Waals surface area contributed by atoms with E-state index in [0.29, 0.717) is 6.04 Å². The first-order chi connectivity index (χ1) is 8.29. The standard InChI is InChI=1S/C13H19N3O/c14-13(16-17)11-7-5-10(6-8-11)9-15-12-3-1-2-4-12/h5-8,12,15,17H,1-4,9H2,(H2,14,16). The molecular formula is C13H19N3O. The average Bonchev–Trinajstić information content (AvgIpc) is 2.89. The molecule has 0 atom stereocenters. The van der Waals surface area contributed by atoms with Gasteiger partial charge in [-0.2, -0.15) is 0 Å². The van der Waals surface area contributed by atoms with Gasteiger partial charge in [-0.15, -0.1) is 0 Å². The average molecular weight is 233 g/mol. The van der Waals surface area contributed by atoms with Crippen molar-refractivity contribution in [2.45, 2.75) is 38.3 Å². The second kappa shape index (κ2) is 5.68. The molecule has 0 spiro atoms. The van der Waals surface area contributed by atoms with Gasteiger partial charge in [0, 0.05) is 18.2 Å². The number of nitrogens with two attached hydrogens (primary N) is 1. The van der Waals surface area contributed by atoms with E-state index in [9.17, 15) is 0 Å². The van der Waals surface area contributed by atoms with Crippen molar-refractivity contribution < 1.29 is 5.21 Å². The quantitative estimate of drug-likeness (QED) is 0.321. The van der Waals surface area contributed by atoms with Crippen LogP contribution in [0.1, 0.15) is 36.8 Å². The van der Waals surface area contributed by atoms with Gasteiger partial charge in [-0.25, -0.2) is 0 Å². The van der Waals surface area contributed by atoms with Gasteiger partial charge in [0.05, 0.1) is 0 Å². The fourth-order valence-corrected chi connectivity index (χ4v) is 2.24. The number of hydrogen-bond donors (Lipinski definition) is 3. The van der Waals surface area contributed by atoms with Gasteiger partial charge >= 0.3 is 0 Å². The summed E-state index contributed by atoms with van der Waals surface area (Å²) in [6, 6.07) is 8.45. The maximum Gasteiger partial charge on any atom is 0.170 e. The molecule has 2 rings (SSSR count). The van der Waals surface area contributed by atoms with Gasteiger partial charge in [-0.3, -0.25) is 0 Å². The number of benzene rings is 1. The fraction of sp³-hybridized carbons (Fsp3) is 0.462. The lowest BCUT2D eigenvalue weighted by Gasteiger charge is -2.11. The third-order valence-electron chi connectivity index (χ3n) is 3.31. The van der Waals surface area contributed by atoms with E-state index < -0.39 is 0 Å². The molecule has 0 aromatic heterocycles. The molecule has 0 saturated heterocycles. The van der Waals surface area contributed by atoms with E-state index in [-0.39, 0.29) is 5.84 Å². The van der Waals surface area contributed by atoms with Crippen molar-refractivity contribution in [1.29, 1.82) is 0 Å². The summed E-state index contributed by atoms with van der Waals surface area (Å²) in [7, 11) is 0. The molecular weight excluding hydrogens is 214 g/mol. The molecule has 0 heterocycles. The van der Waals surface area contributed by atoms with Gasteiger partial charge in [0.25, 0.3) is 0 Å². The summed E-state index contributed by atoms with van der Waals surface area (Å²) in [6.07, 6.45) is 5.28. The smallest absolute Gasteiger partial charge is 0.170 e. The van der Waals surface area contributed by atoms with Crippen LogP contribution in [0.2, 0.25) is 0 Å². The van der Waals surface area contributed by atoms with E-state index in [1.165, 1.54) is 31.2 Å². The van der Waals surface area contributed by atoms with E-state index in [4.69, 9.17) is 10.9 Å². The Balaban J connectivity index is 1.89. The summed E-state index contributed by atoms with van der Waals surface area (Å²) >= 11 is 0. The van der Waals surface area contributed by atoms with Crippen molar-refractivity contribution in [2.24, 2.45) is 10.9 Å². The highest BCUT2D eigenvalue weighted by atomic mass is 16.4. The monoisotopic (exact) mass is 233 g/mol. The second-order valence-electron chi connectivity index (χ2n) is 4.54. The zero-order chi connectivity index (χ0) is 12.1. The van der Waals surface area contributed by atoms with E-state index in [1.54, 1.807) is 0 Å². The molecule has 0 amide bonds. The van der Waals surface area contributed by atoms with Crippen LogP contribution in [0.25, 0.3) is 0 Å². The van der Waals surface area contributed by atoms with Crippen LogP contribution in [0.5, 0.6) is 0 Å². The van der Waals surface area contributed by atoms with Gasteiger partial charge in [-0.1, -0.05) is 42.3 Å². The molecule has 17 heavy (non-hydrogen) atoms. The summed E-state index contributed by atoms with van der Waals surface area (Å²) < 4.78 is 0. The Morgan fingerprint density at radius 2 is 1.94 bits per heavy atom. The van der Waals surface area contributed by atoms with Crippen LogP contribution in [0.4, 0.5) is 0 Å². The van der Waals surface area contributed by atoms with Crippen LogP contribution in [0, 0.1) is 0 Å². The van der Waals surface area contributed by atoms with Crippen LogP contribution >= 0.6 is 0 Å². The van der Waals surface area contributed by atoms with Crippen molar-refractivity contribution in [2.75, 3.05) is 0 Å².